The summed E-state index contributed by atoms with van der Waals surface area (Å²) in [5.74, 6) is 0.126. The Kier molecular flexibility index (Phi) is 2.37. The molecule has 0 amide bonds. The molecule has 1 atom stereocenters. The molecule has 1 unspecified atom stereocenters. The zero-order valence-corrected chi connectivity index (χ0v) is 8.85. The maximum atomic E-state index is 11.3. The summed E-state index contributed by atoms with van der Waals surface area (Å²) in [6.45, 7) is 7.69. The summed E-state index contributed by atoms with van der Waals surface area (Å²) in [5.41, 5.74) is -0.338. The van der Waals surface area contributed by atoms with E-state index in [0.717, 1.165) is 5.57 Å². The van der Waals surface area contributed by atoms with E-state index in [-0.39, 0.29) is 11.2 Å². The second-order valence-corrected chi connectivity index (χ2v) is 4.57. The minimum absolute atomic E-state index is 0.126. The van der Waals surface area contributed by atoms with Crippen LogP contribution in [-0.2, 0) is 4.79 Å². The van der Waals surface area contributed by atoms with Gasteiger partial charge in [0.25, 0.3) is 0 Å². The first-order valence-electron chi connectivity index (χ1n) is 4.77. The molecule has 1 N–H and O–H groups in total. The SMILES string of the molecule is CCC1(O)C(C)=CC(=O)CC1(C)C. The number of hydrogen-bond donors (Lipinski definition) is 1. The van der Waals surface area contributed by atoms with Crippen LogP contribution >= 0.6 is 0 Å². The normalized spacial score (nSPS) is 33.0. The predicted molar refractivity (Wildman–Crippen MR) is 52.4 cm³/mol. The standard InChI is InChI=1S/C11H18O2/c1-5-11(13)8(2)6-9(12)7-10(11,3)4/h6,13H,5,7H2,1-4H3. The van der Waals surface area contributed by atoms with Gasteiger partial charge in [-0.3, -0.25) is 4.79 Å². The summed E-state index contributed by atoms with van der Waals surface area (Å²) in [5, 5.41) is 10.4. The van der Waals surface area contributed by atoms with E-state index in [9.17, 15) is 9.90 Å². The van der Waals surface area contributed by atoms with Crippen molar-refractivity contribution in [3.05, 3.63) is 11.6 Å². The van der Waals surface area contributed by atoms with E-state index in [1.54, 1.807) is 6.08 Å². The van der Waals surface area contributed by atoms with E-state index in [0.29, 0.717) is 12.8 Å². The minimum atomic E-state index is -0.805. The molecular weight excluding hydrogens is 164 g/mol. The van der Waals surface area contributed by atoms with Crippen molar-refractivity contribution in [2.75, 3.05) is 0 Å². The van der Waals surface area contributed by atoms with Gasteiger partial charge in [0, 0.05) is 11.8 Å². The second-order valence-electron chi connectivity index (χ2n) is 4.57. The fourth-order valence-electron chi connectivity index (χ4n) is 2.28. The van der Waals surface area contributed by atoms with E-state index in [4.69, 9.17) is 0 Å². The van der Waals surface area contributed by atoms with Gasteiger partial charge in [0.15, 0.2) is 5.78 Å². The Morgan fingerprint density at radius 3 is 2.46 bits per heavy atom. The Morgan fingerprint density at radius 2 is 2.08 bits per heavy atom. The average molecular weight is 182 g/mol. The maximum absolute atomic E-state index is 11.3. The molecule has 0 saturated carbocycles. The molecule has 2 heteroatoms. The zero-order chi connectivity index (χ0) is 10.3. The topological polar surface area (TPSA) is 37.3 Å². The average Bonchev–Trinajstić information content (AvgIpc) is 1.98. The van der Waals surface area contributed by atoms with Gasteiger partial charge in [0.1, 0.15) is 0 Å². The van der Waals surface area contributed by atoms with Crippen molar-refractivity contribution in [1.82, 2.24) is 0 Å². The van der Waals surface area contributed by atoms with Crippen LogP contribution < -0.4 is 0 Å². The largest absolute Gasteiger partial charge is 0.385 e. The van der Waals surface area contributed by atoms with Crippen LogP contribution in [0, 0.1) is 5.41 Å². The lowest BCUT2D eigenvalue weighted by Gasteiger charge is -2.45. The smallest absolute Gasteiger partial charge is 0.156 e. The van der Waals surface area contributed by atoms with Gasteiger partial charge in [0.2, 0.25) is 0 Å². The van der Waals surface area contributed by atoms with Crippen LogP contribution in [0.25, 0.3) is 0 Å². The van der Waals surface area contributed by atoms with Crippen LogP contribution in [0.4, 0.5) is 0 Å². The van der Waals surface area contributed by atoms with Gasteiger partial charge in [-0.25, -0.2) is 0 Å². The van der Waals surface area contributed by atoms with Crippen molar-refractivity contribution in [2.45, 2.75) is 46.1 Å². The summed E-state index contributed by atoms with van der Waals surface area (Å²) in [6, 6.07) is 0. The van der Waals surface area contributed by atoms with E-state index >= 15 is 0 Å². The molecule has 0 aliphatic heterocycles. The lowest BCUT2D eigenvalue weighted by molar-refractivity contribution is -0.124. The van der Waals surface area contributed by atoms with Gasteiger partial charge in [-0.1, -0.05) is 20.8 Å². The predicted octanol–water partition coefficient (Wildman–Crippen LogP) is 2.07. The third-order valence-electron chi connectivity index (χ3n) is 3.28. The van der Waals surface area contributed by atoms with E-state index in [2.05, 4.69) is 0 Å². The van der Waals surface area contributed by atoms with Crippen molar-refractivity contribution in [3.63, 3.8) is 0 Å². The van der Waals surface area contributed by atoms with Gasteiger partial charge in [0.05, 0.1) is 5.60 Å². The molecule has 0 spiro atoms. The first kappa shape index (κ1) is 10.5. The van der Waals surface area contributed by atoms with Crippen molar-refractivity contribution in [2.24, 2.45) is 5.41 Å². The molecule has 1 aliphatic carbocycles. The van der Waals surface area contributed by atoms with Crippen LogP contribution in [0.5, 0.6) is 0 Å². The maximum Gasteiger partial charge on any atom is 0.156 e. The summed E-state index contributed by atoms with van der Waals surface area (Å²) in [6.07, 6.45) is 2.68. The molecule has 0 aromatic rings. The minimum Gasteiger partial charge on any atom is -0.385 e. The Bertz CT molecular complexity index is 263. The Morgan fingerprint density at radius 1 is 1.54 bits per heavy atom. The lowest BCUT2D eigenvalue weighted by Crippen LogP contribution is -2.48. The third-order valence-corrected chi connectivity index (χ3v) is 3.28. The summed E-state index contributed by atoms with van der Waals surface area (Å²) in [7, 11) is 0. The quantitative estimate of drug-likeness (QED) is 0.674. The van der Waals surface area contributed by atoms with E-state index in [1.807, 2.05) is 27.7 Å². The lowest BCUT2D eigenvalue weighted by atomic mass is 9.64. The number of carbonyl (C=O) groups is 1. The van der Waals surface area contributed by atoms with Gasteiger partial charge < -0.3 is 5.11 Å². The fourth-order valence-corrected chi connectivity index (χ4v) is 2.28. The van der Waals surface area contributed by atoms with Crippen LogP contribution in [0.3, 0.4) is 0 Å². The van der Waals surface area contributed by atoms with Crippen LogP contribution in [0.2, 0.25) is 0 Å². The molecule has 0 heterocycles. The van der Waals surface area contributed by atoms with Crippen molar-refractivity contribution in [1.29, 1.82) is 0 Å². The van der Waals surface area contributed by atoms with Crippen molar-refractivity contribution < 1.29 is 9.90 Å². The molecule has 0 saturated heterocycles. The van der Waals surface area contributed by atoms with E-state index in [1.165, 1.54) is 0 Å². The molecule has 1 aliphatic rings. The monoisotopic (exact) mass is 182 g/mol. The fraction of sp³-hybridized carbons (Fsp3) is 0.727. The molecule has 0 radical (unpaired) electrons. The zero-order valence-electron chi connectivity index (χ0n) is 8.85. The number of aliphatic hydroxyl groups is 1. The Labute approximate surface area is 79.6 Å². The summed E-state index contributed by atoms with van der Waals surface area (Å²) >= 11 is 0. The van der Waals surface area contributed by atoms with Crippen molar-refractivity contribution >= 4 is 5.78 Å². The Hall–Kier alpha value is -0.630. The van der Waals surface area contributed by atoms with Crippen LogP contribution in [-0.4, -0.2) is 16.5 Å². The molecule has 0 fully saturated rings. The van der Waals surface area contributed by atoms with Gasteiger partial charge in [-0.15, -0.1) is 0 Å². The number of hydrogen-bond acceptors (Lipinski definition) is 2. The summed E-state index contributed by atoms with van der Waals surface area (Å²) in [4.78, 5) is 11.3. The highest BCUT2D eigenvalue weighted by Crippen LogP contribution is 2.44. The Balaban J connectivity index is 3.18. The molecule has 0 aromatic carbocycles. The van der Waals surface area contributed by atoms with Crippen LogP contribution in [0.15, 0.2) is 11.6 Å². The van der Waals surface area contributed by atoms with Gasteiger partial charge >= 0.3 is 0 Å². The highest BCUT2D eigenvalue weighted by atomic mass is 16.3. The molecule has 0 aromatic heterocycles. The van der Waals surface area contributed by atoms with Crippen LogP contribution in [0.1, 0.15) is 40.5 Å². The highest BCUT2D eigenvalue weighted by Gasteiger charge is 2.46. The molecule has 2 nitrogen and oxygen atoms in total. The first-order valence-corrected chi connectivity index (χ1v) is 4.77. The number of rotatable bonds is 1. The highest BCUT2D eigenvalue weighted by molar-refractivity contribution is 5.92. The second kappa shape index (κ2) is 2.95. The first-order chi connectivity index (χ1) is 5.83. The van der Waals surface area contributed by atoms with Gasteiger partial charge in [-0.05, 0) is 25.0 Å². The summed E-state index contributed by atoms with van der Waals surface area (Å²) < 4.78 is 0. The molecule has 1 rings (SSSR count). The number of ketones is 1. The number of allylic oxidation sites excluding steroid dienone is 1. The molecular formula is C11H18O2. The molecule has 13 heavy (non-hydrogen) atoms. The van der Waals surface area contributed by atoms with Gasteiger partial charge in [-0.2, -0.15) is 0 Å². The van der Waals surface area contributed by atoms with Crippen molar-refractivity contribution in [3.8, 4) is 0 Å². The third kappa shape index (κ3) is 1.44. The van der Waals surface area contributed by atoms with E-state index < -0.39 is 5.60 Å². The molecule has 0 bridgehead atoms. The molecule has 74 valence electrons. The number of carbonyl (C=O) groups excluding carboxylic acids is 1.